The summed E-state index contributed by atoms with van der Waals surface area (Å²) < 4.78 is 18.5. The average molecular weight is 314 g/mol. The number of carboxylic acids is 1. The van der Waals surface area contributed by atoms with E-state index in [1.165, 1.54) is 18.2 Å². The van der Waals surface area contributed by atoms with E-state index in [9.17, 15) is 19.1 Å². The first-order valence-electron chi connectivity index (χ1n) is 6.59. The Morgan fingerprint density at radius 3 is 2.71 bits per heavy atom. The van der Waals surface area contributed by atoms with Gasteiger partial charge in [0.05, 0.1) is 11.1 Å². The zero-order valence-electron chi connectivity index (χ0n) is 11.0. The number of carbonyl (C=O) groups excluding carboxylic acids is 1. The van der Waals surface area contributed by atoms with Crippen molar-refractivity contribution >= 4 is 23.5 Å². The number of ether oxygens (including phenoxy) is 1. The number of hydrogen-bond acceptors (Lipinski definition) is 3. The lowest BCUT2D eigenvalue weighted by Crippen LogP contribution is -2.52. The molecule has 3 rings (SSSR count). The Morgan fingerprint density at radius 2 is 2.14 bits per heavy atom. The number of amides is 1. The fourth-order valence-electron chi connectivity index (χ4n) is 2.65. The smallest absolute Gasteiger partial charge is 0.335 e. The molecular weight excluding hydrogens is 301 g/mol. The number of benzene rings is 1. The summed E-state index contributed by atoms with van der Waals surface area (Å²) in [5.41, 5.74) is 0.466. The van der Waals surface area contributed by atoms with Crippen LogP contribution >= 0.6 is 11.6 Å². The molecule has 1 saturated carbocycles. The van der Waals surface area contributed by atoms with Crippen LogP contribution in [0, 0.1) is 5.82 Å². The predicted octanol–water partition coefficient (Wildman–Crippen LogP) is 1.99. The summed E-state index contributed by atoms with van der Waals surface area (Å²) in [7, 11) is 0. The zero-order valence-corrected chi connectivity index (χ0v) is 11.7. The SMILES string of the molecule is O=C(O)C1OCC(=O)N(C2CC2)C1c1ccc(F)c(Cl)c1. The predicted molar refractivity (Wildman–Crippen MR) is 71.4 cm³/mol. The van der Waals surface area contributed by atoms with Crippen LogP contribution in [0.25, 0.3) is 0 Å². The van der Waals surface area contributed by atoms with Gasteiger partial charge in [0.25, 0.3) is 0 Å². The summed E-state index contributed by atoms with van der Waals surface area (Å²) in [6.07, 6.45) is 0.498. The molecule has 0 radical (unpaired) electrons. The van der Waals surface area contributed by atoms with Gasteiger partial charge in [-0.1, -0.05) is 17.7 Å². The maximum atomic E-state index is 13.3. The highest BCUT2D eigenvalue weighted by Crippen LogP contribution is 2.40. The van der Waals surface area contributed by atoms with E-state index in [0.717, 1.165) is 12.8 Å². The van der Waals surface area contributed by atoms with E-state index in [4.69, 9.17) is 16.3 Å². The van der Waals surface area contributed by atoms with Gasteiger partial charge in [0.2, 0.25) is 5.91 Å². The van der Waals surface area contributed by atoms with Crippen molar-refractivity contribution in [2.75, 3.05) is 6.61 Å². The Balaban J connectivity index is 2.03. The van der Waals surface area contributed by atoms with Gasteiger partial charge in [-0.25, -0.2) is 9.18 Å². The minimum Gasteiger partial charge on any atom is -0.479 e. The minimum atomic E-state index is -1.18. The largest absolute Gasteiger partial charge is 0.479 e. The maximum Gasteiger partial charge on any atom is 0.335 e. The molecule has 2 atom stereocenters. The molecule has 5 nitrogen and oxygen atoms in total. The molecule has 2 unspecified atom stereocenters. The van der Waals surface area contributed by atoms with E-state index in [1.54, 1.807) is 4.90 Å². The lowest BCUT2D eigenvalue weighted by molar-refractivity contribution is -0.174. The molecule has 112 valence electrons. The summed E-state index contributed by atoms with van der Waals surface area (Å²) in [4.78, 5) is 25.0. The van der Waals surface area contributed by atoms with Crippen LogP contribution in [-0.4, -0.2) is 40.6 Å². The van der Waals surface area contributed by atoms with Crippen molar-refractivity contribution in [3.05, 3.63) is 34.6 Å². The van der Waals surface area contributed by atoms with Gasteiger partial charge in [-0.15, -0.1) is 0 Å². The van der Waals surface area contributed by atoms with Crippen LogP contribution in [-0.2, 0) is 14.3 Å². The van der Waals surface area contributed by atoms with Crippen LogP contribution < -0.4 is 0 Å². The van der Waals surface area contributed by atoms with Crippen LogP contribution in [0.1, 0.15) is 24.4 Å². The Morgan fingerprint density at radius 1 is 1.43 bits per heavy atom. The Kier molecular flexibility index (Phi) is 3.59. The number of carboxylic acid groups (broad SMARTS) is 1. The van der Waals surface area contributed by atoms with Crippen LogP contribution in [0.3, 0.4) is 0 Å². The van der Waals surface area contributed by atoms with E-state index >= 15 is 0 Å². The quantitative estimate of drug-likeness (QED) is 0.927. The third-order valence-corrected chi connectivity index (χ3v) is 4.02. The maximum absolute atomic E-state index is 13.3. The van der Waals surface area contributed by atoms with Gasteiger partial charge in [-0.3, -0.25) is 4.79 Å². The molecule has 2 aliphatic rings. The molecular formula is C14H13ClFNO4. The first-order chi connectivity index (χ1) is 9.99. The summed E-state index contributed by atoms with van der Waals surface area (Å²) in [5, 5.41) is 9.22. The van der Waals surface area contributed by atoms with Crippen molar-refractivity contribution in [3.8, 4) is 0 Å². The molecule has 0 spiro atoms. The molecule has 1 aromatic rings. The zero-order chi connectivity index (χ0) is 15.1. The van der Waals surface area contributed by atoms with Crippen molar-refractivity contribution in [2.24, 2.45) is 0 Å². The third-order valence-electron chi connectivity index (χ3n) is 3.73. The first kappa shape index (κ1) is 14.3. The molecule has 2 fully saturated rings. The molecule has 21 heavy (non-hydrogen) atoms. The molecule has 1 amide bonds. The topological polar surface area (TPSA) is 66.8 Å². The summed E-state index contributed by atoms with van der Waals surface area (Å²) in [6.45, 7) is -0.251. The van der Waals surface area contributed by atoms with Crippen LogP contribution in [0.4, 0.5) is 4.39 Å². The molecule has 1 aromatic carbocycles. The Labute approximate surface area is 125 Å². The average Bonchev–Trinajstić information content (AvgIpc) is 3.25. The van der Waals surface area contributed by atoms with E-state index in [1.807, 2.05) is 0 Å². The van der Waals surface area contributed by atoms with Crippen molar-refractivity contribution in [3.63, 3.8) is 0 Å². The molecule has 0 bridgehead atoms. The lowest BCUT2D eigenvalue weighted by Gasteiger charge is -2.39. The Hall–Kier alpha value is -1.66. The molecule has 1 heterocycles. The van der Waals surface area contributed by atoms with Crippen molar-refractivity contribution in [1.82, 2.24) is 4.90 Å². The third kappa shape index (κ3) is 2.61. The van der Waals surface area contributed by atoms with Crippen LogP contribution in [0.2, 0.25) is 5.02 Å². The first-order valence-corrected chi connectivity index (χ1v) is 6.97. The van der Waals surface area contributed by atoms with Gasteiger partial charge < -0.3 is 14.7 Å². The highest BCUT2D eigenvalue weighted by Gasteiger charge is 2.47. The van der Waals surface area contributed by atoms with E-state index in [-0.39, 0.29) is 23.6 Å². The van der Waals surface area contributed by atoms with Crippen LogP contribution in [0.15, 0.2) is 18.2 Å². The normalized spacial score (nSPS) is 26.0. The second-order valence-corrected chi connectivity index (χ2v) is 5.63. The van der Waals surface area contributed by atoms with Gasteiger partial charge in [-0.05, 0) is 30.5 Å². The van der Waals surface area contributed by atoms with Crippen molar-refractivity contribution < 1.29 is 23.8 Å². The molecule has 7 heteroatoms. The highest BCUT2D eigenvalue weighted by molar-refractivity contribution is 6.30. The lowest BCUT2D eigenvalue weighted by atomic mass is 9.97. The Bertz CT molecular complexity index is 605. The number of carbonyl (C=O) groups is 2. The van der Waals surface area contributed by atoms with Gasteiger partial charge in [0.15, 0.2) is 6.10 Å². The van der Waals surface area contributed by atoms with E-state index in [0.29, 0.717) is 5.56 Å². The van der Waals surface area contributed by atoms with E-state index < -0.39 is 23.9 Å². The fraction of sp³-hybridized carbons (Fsp3) is 0.429. The second-order valence-electron chi connectivity index (χ2n) is 5.22. The monoisotopic (exact) mass is 313 g/mol. The molecule has 1 aliphatic heterocycles. The minimum absolute atomic E-state index is 0.0251. The number of aliphatic carboxylic acids is 1. The summed E-state index contributed by atoms with van der Waals surface area (Å²) >= 11 is 5.77. The van der Waals surface area contributed by atoms with Gasteiger partial charge >= 0.3 is 5.97 Å². The second kappa shape index (κ2) is 5.27. The summed E-state index contributed by atoms with van der Waals surface area (Å²) in [6, 6.07) is 3.21. The number of halogens is 2. The highest BCUT2D eigenvalue weighted by atomic mass is 35.5. The number of nitrogens with zero attached hydrogens (tertiary/aromatic N) is 1. The fourth-order valence-corrected chi connectivity index (χ4v) is 2.84. The van der Waals surface area contributed by atoms with Crippen molar-refractivity contribution in [1.29, 1.82) is 0 Å². The molecule has 1 N–H and O–H groups in total. The number of morpholine rings is 1. The van der Waals surface area contributed by atoms with E-state index in [2.05, 4.69) is 0 Å². The van der Waals surface area contributed by atoms with Crippen LogP contribution in [0.5, 0.6) is 0 Å². The molecule has 1 saturated heterocycles. The van der Waals surface area contributed by atoms with Crippen molar-refractivity contribution in [2.45, 2.75) is 31.0 Å². The number of rotatable bonds is 3. The van der Waals surface area contributed by atoms with Gasteiger partial charge in [0.1, 0.15) is 12.4 Å². The number of hydrogen-bond donors (Lipinski definition) is 1. The van der Waals surface area contributed by atoms with Gasteiger partial charge in [0, 0.05) is 6.04 Å². The molecule has 1 aliphatic carbocycles. The standard InChI is InChI=1S/C14H13ClFNO4/c15-9-5-7(1-4-10(9)16)12-13(14(19)20)21-6-11(18)17(12)8-2-3-8/h1,4-5,8,12-13H,2-3,6H2,(H,19,20). The summed E-state index contributed by atoms with van der Waals surface area (Å²) in [5.74, 6) is -1.99. The van der Waals surface area contributed by atoms with Gasteiger partial charge in [-0.2, -0.15) is 0 Å². The molecule has 0 aromatic heterocycles.